The van der Waals surface area contributed by atoms with Crippen molar-refractivity contribution >= 4 is 24.4 Å². The molecule has 1 aliphatic rings. The molecule has 1 saturated heterocycles. The van der Waals surface area contributed by atoms with Gasteiger partial charge in [0.05, 0.1) is 5.56 Å². The van der Waals surface area contributed by atoms with Crippen molar-refractivity contribution in [2.45, 2.75) is 4.90 Å². The highest BCUT2D eigenvalue weighted by Gasteiger charge is 2.25. The van der Waals surface area contributed by atoms with E-state index in [1.54, 1.807) is 21.9 Å². The van der Waals surface area contributed by atoms with Gasteiger partial charge in [-0.05, 0) is 24.3 Å². The second-order valence-electron chi connectivity index (χ2n) is 5.79. The van der Waals surface area contributed by atoms with Gasteiger partial charge in [-0.15, -0.1) is 12.6 Å². The Morgan fingerprint density at radius 1 is 0.880 bits per heavy atom. The van der Waals surface area contributed by atoms with Gasteiger partial charge in [-0.1, -0.05) is 30.3 Å². The van der Waals surface area contributed by atoms with Crippen molar-refractivity contribution in [3.05, 3.63) is 60.2 Å². The van der Waals surface area contributed by atoms with E-state index in [-0.39, 0.29) is 18.4 Å². The summed E-state index contributed by atoms with van der Waals surface area (Å²) < 4.78 is 5.50. The quantitative estimate of drug-likeness (QED) is 0.856. The average molecular weight is 356 g/mol. The third-order valence-corrected chi connectivity index (χ3v) is 4.55. The third kappa shape index (κ3) is 4.33. The number of amides is 2. The molecule has 25 heavy (non-hydrogen) atoms. The van der Waals surface area contributed by atoms with Crippen LogP contribution in [0.15, 0.2) is 59.5 Å². The molecule has 2 amide bonds. The smallest absolute Gasteiger partial charge is 0.260 e. The van der Waals surface area contributed by atoms with E-state index in [4.69, 9.17) is 4.74 Å². The largest absolute Gasteiger partial charge is 0.484 e. The molecule has 0 saturated carbocycles. The highest BCUT2D eigenvalue weighted by Crippen LogP contribution is 2.17. The minimum Gasteiger partial charge on any atom is -0.484 e. The first-order chi connectivity index (χ1) is 12.1. The molecule has 0 radical (unpaired) electrons. The van der Waals surface area contributed by atoms with Crippen LogP contribution < -0.4 is 4.74 Å². The summed E-state index contributed by atoms with van der Waals surface area (Å²) in [6.07, 6.45) is 0. The van der Waals surface area contributed by atoms with Gasteiger partial charge in [0.25, 0.3) is 11.8 Å². The Labute approximate surface area is 152 Å². The van der Waals surface area contributed by atoms with Crippen LogP contribution in [0.25, 0.3) is 0 Å². The van der Waals surface area contributed by atoms with Crippen molar-refractivity contribution < 1.29 is 14.3 Å². The van der Waals surface area contributed by atoms with Crippen molar-refractivity contribution in [1.29, 1.82) is 0 Å². The molecule has 3 rings (SSSR count). The Bertz CT molecular complexity index is 743. The summed E-state index contributed by atoms with van der Waals surface area (Å²) in [6.45, 7) is 2.06. The van der Waals surface area contributed by atoms with Gasteiger partial charge in [0.1, 0.15) is 5.75 Å². The normalized spacial score (nSPS) is 14.3. The molecule has 2 aromatic carbocycles. The van der Waals surface area contributed by atoms with Crippen LogP contribution in [0.5, 0.6) is 5.75 Å². The lowest BCUT2D eigenvalue weighted by atomic mass is 10.2. The summed E-state index contributed by atoms with van der Waals surface area (Å²) in [6, 6.07) is 16.5. The van der Waals surface area contributed by atoms with Gasteiger partial charge in [-0.2, -0.15) is 0 Å². The summed E-state index contributed by atoms with van der Waals surface area (Å²) in [5.41, 5.74) is 0.595. The van der Waals surface area contributed by atoms with Gasteiger partial charge in [-0.25, -0.2) is 0 Å². The van der Waals surface area contributed by atoms with Crippen molar-refractivity contribution in [3.8, 4) is 5.75 Å². The number of hydrogen-bond acceptors (Lipinski definition) is 4. The molecule has 130 valence electrons. The molecule has 0 bridgehead atoms. The van der Waals surface area contributed by atoms with Crippen LogP contribution in [0.3, 0.4) is 0 Å². The molecule has 0 aliphatic carbocycles. The fourth-order valence-electron chi connectivity index (χ4n) is 2.74. The van der Waals surface area contributed by atoms with Crippen LogP contribution in [-0.2, 0) is 4.79 Å². The third-order valence-electron chi connectivity index (χ3n) is 4.16. The van der Waals surface area contributed by atoms with E-state index in [1.807, 2.05) is 42.5 Å². The predicted octanol–water partition coefficient (Wildman–Crippen LogP) is 2.34. The molecule has 6 heteroatoms. The summed E-state index contributed by atoms with van der Waals surface area (Å²) in [5, 5.41) is 0. The second-order valence-corrected chi connectivity index (χ2v) is 6.27. The summed E-state index contributed by atoms with van der Waals surface area (Å²) in [4.78, 5) is 29.0. The van der Waals surface area contributed by atoms with Crippen molar-refractivity contribution in [2.24, 2.45) is 0 Å². The first-order valence-corrected chi connectivity index (χ1v) is 8.63. The molecule has 0 N–H and O–H groups in total. The molecular formula is C19H20N2O3S. The highest BCUT2D eigenvalue weighted by atomic mass is 32.1. The summed E-state index contributed by atoms with van der Waals surface area (Å²) in [7, 11) is 0. The van der Waals surface area contributed by atoms with E-state index in [0.717, 1.165) is 0 Å². The molecule has 1 fully saturated rings. The molecule has 0 unspecified atom stereocenters. The molecule has 5 nitrogen and oxygen atoms in total. The van der Waals surface area contributed by atoms with Crippen molar-refractivity contribution in [3.63, 3.8) is 0 Å². The maximum atomic E-state index is 12.6. The van der Waals surface area contributed by atoms with E-state index in [0.29, 0.717) is 42.4 Å². The van der Waals surface area contributed by atoms with E-state index >= 15 is 0 Å². The predicted molar refractivity (Wildman–Crippen MR) is 98.1 cm³/mol. The van der Waals surface area contributed by atoms with E-state index in [9.17, 15) is 9.59 Å². The van der Waals surface area contributed by atoms with Crippen LogP contribution in [0.1, 0.15) is 10.4 Å². The molecule has 0 aromatic heterocycles. The number of carbonyl (C=O) groups is 2. The maximum Gasteiger partial charge on any atom is 0.260 e. The number of nitrogens with zero attached hydrogens (tertiary/aromatic N) is 2. The van der Waals surface area contributed by atoms with Gasteiger partial charge < -0.3 is 14.5 Å². The van der Waals surface area contributed by atoms with Crippen molar-refractivity contribution in [1.82, 2.24) is 9.80 Å². The Morgan fingerprint density at radius 2 is 1.48 bits per heavy atom. The zero-order valence-electron chi connectivity index (χ0n) is 13.8. The van der Waals surface area contributed by atoms with Gasteiger partial charge in [0.2, 0.25) is 0 Å². The minimum absolute atomic E-state index is 0.0113. The van der Waals surface area contributed by atoms with Crippen LogP contribution in [0.4, 0.5) is 0 Å². The standard InChI is InChI=1S/C19H20N2O3S/c22-18(14-24-15-6-2-1-3-7-15)20-10-12-21(13-11-20)19(23)16-8-4-5-9-17(16)25/h1-9,25H,10-14H2. The molecular weight excluding hydrogens is 336 g/mol. The fourth-order valence-corrected chi connectivity index (χ4v) is 2.99. The topological polar surface area (TPSA) is 49.9 Å². The number of piperazine rings is 1. The Balaban J connectivity index is 1.50. The lowest BCUT2D eigenvalue weighted by molar-refractivity contribution is -0.134. The Morgan fingerprint density at radius 3 is 2.16 bits per heavy atom. The second kappa shape index (κ2) is 8.07. The SMILES string of the molecule is O=C(COc1ccccc1)N1CCN(C(=O)c2ccccc2S)CC1. The van der Waals surface area contributed by atoms with Gasteiger partial charge in [-0.3, -0.25) is 9.59 Å². The zero-order chi connectivity index (χ0) is 17.6. The number of carbonyl (C=O) groups excluding carboxylic acids is 2. The van der Waals surface area contributed by atoms with Gasteiger partial charge in [0, 0.05) is 31.1 Å². The molecule has 2 aromatic rings. The first-order valence-electron chi connectivity index (χ1n) is 8.18. The monoisotopic (exact) mass is 356 g/mol. The first kappa shape index (κ1) is 17.4. The average Bonchev–Trinajstić information content (AvgIpc) is 2.67. The molecule has 1 heterocycles. The maximum absolute atomic E-state index is 12.6. The number of benzene rings is 2. The number of hydrogen-bond donors (Lipinski definition) is 1. The molecule has 1 aliphatic heterocycles. The molecule has 0 spiro atoms. The number of para-hydroxylation sites is 1. The van der Waals surface area contributed by atoms with E-state index in [2.05, 4.69) is 12.6 Å². The van der Waals surface area contributed by atoms with Crippen molar-refractivity contribution in [2.75, 3.05) is 32.8 Å². The number of ether oxygens (including phenoxy) is 1. The van der Waals surface area contributed by atoms with Crippen LogP contribution in [-0.4, -0.2) is 54.4 Å². The van der Waals surface area contributed by atoms with Crippen LogP contribution in [0, 0.1) is 0 Å². The van der Waals surface area contributed by atoms with Gasteiger partial charge >= 0.3 is 0 Å². The lowest BCUT2D eigenvalue weighted by Crippen LogP contribution is -2.51. The Kier molecular flexibility index (Phi) is 5.60. The minimum atomic E-state index is -0.0643. The van der Waals surface area contributed by atoms with Crippen LogP contribution >= 0.6 is 12.6 Å². The Hall–Kier alpha value is -2.47. The van der Waals surface area contributed by atoms with E-state index < -0.39 is 0 Å². The van der Waals surface area contributed by atoms with Gasteiger partial charge in [0.15, 0.2) is 6.61 Å². The number of rotatable bonds is 4. The number of thiol groups is 1. The lowest BCUT2D eigenvalue weighted by Gasteiger charge is -2.35. The van der Waals surface area contributed by atoms with E-state index in [1.165, 1.54) is 0 Å². The summed E-state index contributed by atoms with van der Waals surface area (Å²) in [5.74, 6) is 0.568. The molecule has 0 atom stereocenters. The zero-order valence-corrected chi connectivity index (χ0v) is 14.7. The fraction of sp³-hybridized carbons (Fsp3) is 0.263. The summed E-state index contributed by atoms with van der Waals surface area (Å²) >= 11 is 4.34. The highest BCUT2D eigenvalue weighted by molar-refractivity contribution is 7.80. The van der Waals surface area contributed by atoms with Crippen LogP contribution in [0.2, 0.25) is 0 Å².